The Morgan fingerprint density at radius 3 is 1.26 bits per heavy atom. The third-order valence-corrected chi connectivity index (χ3v) is 10.1. The molecule has 11 heteroatoms. The van der Waals surface area contributed by atoms with E-state index in [1.807, 2.05) is 125 Å². The number of hydrogen-bond acceptors (Lipinski definition) is 9. The minimum absolute atomic E-state index is 0.0116. The Kier molecular flexibility index (Phi) is 25.9. The summed E-state index contributed by atoms with van der Waals surface area (Å²) in [5, 5.41) is 9.86. The minimum Gasteiger partial charge on any atom is -0.481 e. The number of alkyl halides is 1. The van der Waals surface area contributed by atoms with Gasteiger partial charge in [-0.15, -0.1) is 0 Å². The molecule has 0 spiro atoms. The fourth-order valence-corrected chi connectivity index (χ4v) is 6.18. The van der Waals surface area contributed by atoms with Crippen LogP contribution in [0.25, 0.3) is 0 Å². The third-order valence-electron chi connectivity index (χ3n) is 9.56. The van der Waals surface area contributed by atoms with Gasteiger partial charge in [-0.2, -0.15) is 0 Å². The van der Waals surface area contributed by atoms with Crippen molar-refractivity contribution >= 4 is 51.4 Å². The molecule has 0 aliphatic heterocycles. The van der Waals surface area contributed by atoms with Gasteiger partial charge in [-0.25, -0.2) is 0 Å². The molecule has 4 aromatic rings. The van der Waals surface area contributed by atoms with Crippen molar-refractivity contribution in [1.82, 2.24) is 0 Å². The number of carboxylic acids is 1. The van der Waals surface area contributed by atoms with E-state index < -0.39 is 11.9 Å². The zero-order chi connectivity index (χ0) is 44.8. The Bertz CT molecular complexity index is 1870. The van der Waals surface area contributed by atoms with Gasteiger partial charge in [0, 0.05) is 42.1 Å². The number of hydrogen-bond donors (Lipinski definition) is 1. The van der Waals surface area contributed by atoms with E-state index in [4.69, 9.17) is 19.3 Å². The number of Topliss-reactive ketones (excluding diaryl/α,β-unsaturated/α-hetero) is 2. The van der Waals surface area contributed by atoms with Crippen LogP contribution in [-0.4, -0.2) is 52.5 Å². The maximum atomic E-state index is 12.4. The van der Waals surface area contributed by atoms with Crippen molar-refractivity contribution in [3.63, 3.8) is 0 Å². The quantitative estimate of drug-likeness (QED) is 0.0250. The number of carboxylic acid groups (broad SMARTS) is 1. The maximum Gasteiger partial charge on any atom is 0.309 e. The van der Waals surface area contributed by atoms with Gasteiger partial charge in [0.1, 0.15) is 13.2 Å². The highest BCUT2D eigenvalue weighted by Gasteiger charge is 2.25. The number of carbonyl (C=O) groups excluding carboxylic acids is 5. The van der Waals surface area contributed by atoms with Crippen LogP contribution in [-0.2, 0) is 46.6 Å². The first-order chi connectivity index (χ1) is 29.3. The van der Waals surface area contributed by atoms with Gasteiger partial charge in [0.25, 0.3) is 0 Å². The number of halogens is 1. The number of benzene rings is 4. The number of carbonyl (C=O) groups is 6. The van der Waals surface area contributed by atoms with Gasteiger partial charge in [-0.05, 0) is 48.6 Å². The molecule has 0 heterocycles. The first-order valence-electron chi connectivity index (χ1n) is 20.8. The van der Waals surface area contributed by atoms with E-state index in [-0.39, 0.29) is 66.9 Å². The second-order valence-electron chi connectivity index (χ2n) is 15.1. The number of rotatable bonds is 23. The van der Waals surface area contributed by atoms with Crippen LogP contribution in [0.3, 0.4) is 0 Å². The Morgan fingerprint density at radius 2 is 0.885 bits per heavy atom. The van der Waals surface area contributed by atoms with E-state index in [0.29, 0.717) is 56.3 Å². The maximum absolute atomic E-state index is 12.4. The number of esters is 3. The van der Waals surface area contributed by atoms with E-state index in [9.17, 15) is 28.8 Å². The van der Waals surface area contributed by atoms with E-state index >= 15 is 0 Å². The summed E-state index contributed by atoms with van der Waals surface area (Å²) in [7, 11) is 0. The molecule has 0 bridgehead atoms. The highest BCUT2D eigenvalue weighted by molar-refractivity contribution is 9.09. The van der Waals surface area contributed by atoms with Crippen LogP contribution in [0.2, 0.25) is 0 Å². The summed E-state index contributed by atoms with van der Waals surface area (Å²) < 4.78 is 15.6. The molecule has 0 amide bonds. The fraction of sp³-hybridized carbons (Fsp3) is 0.400. The molecule has 0 saturated heterocycles. The molecule has 4 rings (SSSR count). The van der Waals surface area contributed by atoms with Gasteiger partial charge < -0.3 is 19.3 Å². The van der Waals surface area contributed by atoms with Crippen molar-refractivity contribution in [1.29, 1.82) is 0 Å². The molecule has 2 atom stereocenters. The Morgan fingerprint density at radius 1 is 0.508 bits per heavy atom. The monoisotopic (exact) mass is 900 g/mol. The molecule has 1 N–H and O–H groups in total. The molecule has 0 aromatic heterocycles. The summed E-state index contributed by atoms with van der Waals surface area (Å²) >= 11 is 3.27. The summed E-state index contributed by atoms with van der Waals surface area (Å²) in [6.45, 7) is 8.40. The van der Waals surface area contributed by atoms with E-state index in [0.717, 1.165) is 22.9 Å². The summed E-state index contributed by atoms with van der Waals surface area (Å²) in [5.41, 5.74) is 3.27. The number of ether oxygens (including phenoxy) is 3. The molecule has 0 aliphatic carbocycles. The second-order valence-corrected chi connectivity index (χ2v) is 15.8. The van der Waals surface area contributed by atoms with Crippen LogP contribution < -0.4 is 0 Å². The first kappa shape index (κ1) is 51.7. The molecule has 0 fully saturated rings. The van der Waals surface area contributed by atoms with Crippen molar-refractivity contribution < 1.29 is 48.1 Å². The predicted molar refractivity (Wildman–Crippen MR) is 240 cm³/mol. The van der Waals surface area contributed by atoms with Crippen molar-refractivity contribution in [2.75, 3.05) is 11.9 Å². The Balaban J connectivity index is 0.000000348. The average Bonchev–Trinajstić information content (AvgIpc) is 3.27. The number of aliphatic carboxylic acids is 1. The molecular formula is C50H61BrO10. The van der Waals surface area contributed by atoms with Crippen LogP contribution in [0.1, 0.15) is 111 Å². The van der Waals surface area contributed by atoms with Gasteiger partial charge in [-0.3, -0.25) is 28.8 Å². The largest absolute Gasteiger partial charge is 0.481 e. The van der Waals surface area contributed by atoms with Crippen LogP contribution in [0.4, 0.5) is 0 Å². The Labute approximate surface area is 369 Å². The van der Waals surface area contributed by atoms with Crippen LogP contribution >= 0.6 is 15.9 Å². The molecular weight excluding hydrogens is 840 g/mol. The SMILES string of the molecule is CC(C)[C@H](CCC(=O)c1ccccc1)C(=O)O.CC(C)[C@H](CCC(=O)c1ccccc1)C(=O)OCCCC(=O)OCc1ccccc1.O=C(CCCBr)OCc1ccccc1. The summed E-state index contributed by atoms with van der Waals surface area (Å²) in [6, 6.07) is 37.2. The van der Waals surface area contributed by atoms with E-state index in [1.165, 1.54) is 0 Å². The fourth-order valence-electron chi connectivity index (χ4n) is 5.90. The van der Waals surface area contributed by atoms with Gasteiger partial charge in [0.2, 0.25) is 0 Å². The zero-order valence-electron chi connectivity index (χ0n) is 35.8. The van der Waals surface area contributed by atoms with Gasteiger partial charge in [0.15, 0.2) is 11.6 Å². The normalized spacial score (nSPS) is 11.5. The number of ketones is 2. The first-order valence-corrected chi connectivity index (χ1v) is 21.9. The third kappa shape index (κ3) is 22.7. The van der Waals surface area contributed by atoms with Crippen molar-refractivity contribution in [3.8, 4) is 0 Å². The molecule has 0 saturated carbocycles. The average molecular weight is 902 g/mol. The van der Waals surface area contributed by atoms with Gasteiger partial charge in [0.05, 0.1) is 18.4 Å². The molecule has 0 aliphatic rings. The van der Waals surface area contributed by atoms with Crippen LogP contribution in [0.15, 0.2) is 121 Å². The smallest absolute Gasteiger partial charge is 0.309 e. The second kappa shape index (κ2) is 30.6. The lowest BCUT2D eigenvalue weighted by Crippen LogP contribution is -2.24. The lowest BCUT2D eigenvalue weighted by Gasteiger charge is -2.19. The lowest BCUT2D eigenvalue weighted by atomic mass is 9.89. The molecule has 328 valence electrons. The van der Waals surface area contributed by atoms with E-state index in [2.05, 4.69) is 15.9 Å². The molecule has 61 heavy (non-hydrogen) atoms. The van der Waals surface area contributed by atoms with E-state index in [1.54, 1.807) is 24.3 Å². The molecule has 0 unspecified atom stereocenters. The molecule has 10 nitrogen and oxygen atoms in total. The lowest BCUT2D eigenvalue weighted by molar-refractivity contribution is -0.152. The van der Waals surface area contributed by atoms with Crippen molar-refractivity contribution in [2.24, 2.45) is 23.7 Å². The summed E-state index contributed by atoms with van der Waals surface area (Å²) in [4.78, 5) is 70.5. The Hall–Kier alpha value is -5.42. The predicted octanol–water partition coefficient (Wildman–Crippen LogP) is 10.9. The standard InChI is InChI=1S/C25H30O5.C14H18O3.C11H13BrO2/c1-19(2)22(15-16-23(26)21-12-7-4-8-13-21)25(28)29-17-9-14-24(27)30-18-20-10-5-3-6-11-20;1-10(2)12(14(16)17)8-9-13(15)11-6-4-3-5-7-11;12-8-4-7-11(13)14-9-10-5-2-1-3-6-10/h3-8,10-13,19,22H,9,14-18H2,1-2H3;3-7,10,12H,8-9H2,1-2H3,(H,16,17);1-3,5-6H,4,7-9H2/t22-;12-;/m00./s1. The molecule has 4 aromatic carbocycles. The zero-order valence-corrected chi connectivity index (χ0v) is 37.4. The molecule has 0 radical (unpaired) electrons. The highest BCUT2D eigenvalue weighted by atomic mass is 79.9. The van der Waals surface area contributed by atoms with Crippen LogP contribution in [0, 0.1) is 23.7 Å². The van der Waals surface area contributed by atoms with Gasteiger partial charge in [-0.1, -0.05) is 165 Å². The summed E-state index contributed by atoms with van der Waals surface area (Å²) in [5.74, 6) is -2.22. The van der Waals surface area contributed by atoms with Gasteiger partial charge >= 0.3 is 23.9 Å². The summed E-state index contributed by atoms with van der Waals surface area (Å²) in [6.07, 6.45) is 3.36. The van der Waals surface area contributed by atoms with Crippen molar-refractivity contribution in [3.05, 3.63) is 144 Å². The van der Waals surface area contributed by atoms with Crippen molar-refractivity contribution in [2.45, 2.75) is 92.3 Å². The topological polar surface area (TPSA) is 150 Å². The minimum atomic E-state index is -0.819. The highest BCUT2D eigenvalue weighted by Crippen LogP contribution is 2.21. The van der Waals surface area contributed by atoms with Crippen LogP contribution in [0.5, 0.6) is 0 Å².